The molecule has 0 aliphatic carbocycles. The number of nitrogens with one attached hydrogen (secondary N) is 2. The van der Waals surface area contributed by atoms with Gasteiger partial charge in [-0.05, 0) is 51.1 Å². The van der Waals surface area contributed by atoms with Gasteiger partial charge in [-0.1, -0.05) is 19.8 Å². The number of benzene rings is 1. The summed E-state index contributed by atoms with van der Waals surface area (Å²) in [6, 6.07) is 7.48. The monoisotopic (exact) mass is 292 g/mol. The molecule has 4 heteroatoms. The number of anilines is 1. The van der Waals surface area contributed by atoms with Crippen LogP contribution in [-0.4, -0.2) is 25.1 Å². The average Bonchev–Trinajstić information content (AvgIpc) is 2.44. The van der Waals surface area contributed by atoms with Gasteiger partial charge in [0.15, 0.2) is 0 Å². The number of hydrogen-bond acceptors (Lipinski definition) is 3. The molecule has 0 bridgehead atoms. The van der Waals surface area contributed by atoms with Gasteiger partial charge >= 0.3 is 0 Å². The Hall–Kier alpha value is -1.55. The van der Waals surface area contributed by atoms with E-state index in [-0.39, 0.29) is 12.0 Å². The maximum atomic E-state index is 11.8. The fourth-order valence-electron chi connectivity index (χ4n) is 1.94. The first-order valence-corrected chi connectivity index (χ1v) is 7.89. The maximum Gasteiger partial charge on any atom is 0.225 e. The number of hydrogen-bond donors (Lipinski definition) is 2. The van der Waals surface area contributed by atoms with Gasteiger partial charge < -0.3 is 15.4 Å². The van der Waals surface area contributed by atoms with Crippen LogP contribution in [0.3, 0.4) is 0 Å². The highest BCUT2D eigenvalue weighted by Gasteiger charge is 2.03. The van der Waals surface area contributed by atoms with E-state index in [9.17, 15) is 4.79 Å². The van der Waals surface area contributed by atoms with Gasteiger partial charge in [-0.2, -0.15) is 0 Å². The highest BCUT2D eigenvalue weighted by atomic mass is 16.5. The van der Waals surface area contributed by atoms with Crippen LogP contribution in [-0.2, 0) is 4.79 Å². The van der Waals surface area contributed by atoms with Crippen LogP contribution in [0.25, 0.3) is 0 Å². The smallest absolute Gasteiger partial charge is 0.225 e. The van der Waals surface area contributed by atoms with Crippen LogP contribution in [0, 0.1) is 0 Å². The summed E-state index contributed by atoms with van der Waals surface area (Å²) in [6.07, 6.45) is 4.29. The van der Waals surface area contributed by atoms with Gasteiger partial charge in [0.1, 0.15) is 5.75 Å². The van der Waals surface area contributed by atoms with Gasteiger partial charge in [0.05, 0.1) is 6.10 Å². The van der Waals surface area contributed by atoms with Crippen LogP contribution in [0.15, 0.2) is 24.3 Å². The third-order valence-corrected chi connectivity index (χ3v) is 3.00. The molecule has 1 amide bonds. The molecule has 0 aliphatic rings. The minimum atomic E-state index is 0.0375. The van der Waals surface area contributed by atoms with Gasteiger partial charge in [-0.15, -0.1) is 0 Å². The molecule has 0 saturated carbocycles. The van der Waals surface area contributed by atoms with Crippen molar-refractivity contribution < 1.29 is 9.53 Å². The molecule has 1 aromatic rings. The molecular weight excluding hydrogens is 264 g/mol. The quantitative estimate of drug-likeness (QED) is 0.648. The number of ether oxygens (including phenoxy) is 1. The van der Waals surface area contributed by atoms with Crippen molar-refractivity contribution in [3.05, 3.63) is 24.3 Å². The molecule has 0 radical (unpaired) electrons. The number of unbranched alkanes of at least 4 members (excludes halogenated alkanes) is 2. The maximum absolute atomic E-state index is 11.8. The summed E-state index contributed by atoms with van der Waals surface area (Å²) in [5.41, 5.74) is 0.807. The number of rotatable bonds is 10. The van der Waals surface area contributed by atoms with E-state index < -0.39 is 0 Å². The molecule has 0 aliphatic heterocycles. The van der Waals surface area contributed by atoms with E-state index >= 15 is 0 Å². The zero-order valence-corrected chi connectivity index (χ0v) is 13.4. The van der Waals surface area contributed by atoms with Gasteiger partial charge in [0, 0.05) is 18.7 Å². The second-order valence-electron chi connectivity index (χ2n) is 5.45. The highest BCUT2D eigenvalue weighted by molar-refractivity contribution is 5.90. The third-order valence-electron chi connectivity index (χ3n) is 3.00. The standard InChI is InChI=1S/C17H28N2O2/c1-4-5-6-12-18-13-11-17(20)19-15-7-9-16(10-8-15)21-14(2)3/h7-10,14,18H,4-6,11-13H2,1-3H3,(H,19,20). The molecular formula is C17H28N2O2. The first kappa shape index (κ1) is 17.5. The fraction of sp³-hybridized carbons (Fsp3) is 0.588. The molecule has 0 unspecified atom stereocenters. The summed E-state index contributed by atoms with van der Waals surface area (Å²) < 4.78 is 5.56. The summed E-state index contributed by atoms with van der Waals surface area (Å²) in [5, 5.41) is 6.18. The summed E-state index contributed by atoms with van der Waals surface area (Å²) in [6.45, 7) is 7.88. The van der Waals surface area contributed by atoms with E-state index in [0.29, 0.717) is 6.42 Å². The number of amides is 1. The van der Waals surface area contributed by atoms with E-state index in [1.165, 1.54) is 19.3 Å². The Morgan fingerprint density at radius 3 is 2.48 bits per heavy atom. The molecule has 0 saturated heterocycles. The molecule has 0 spiro atoms. The lowest BCUT2D eigenvalue weighted by Crippen LogP contribution is -2.22. The summed E-state index contributed by atoms with van der Waals surface area (Å²) in [5.74, 6) is 0.858. The molecule has 4 nitrogen and oxygen atoms in total. The van der Waals surface area contributed by atoms with Crippen LogP contribution in [0.2, 0.25) is 0 Å². The van der Waals surface area contributed by atoms with Gasteiger partial charge in [-0.25, -0.2) is 0 Å². The zero-order valence-electron chi connectivity index (χ0n) is 13.4. The van der Waals surface area contributed by atoms with Crippen LogP contribution >= 0.6 is 0 Å². The fourth-order valence-corrected chi connectivity index (χ4v) is 1.94. The minimum Gasteiger partial charge on any atom is -0.491 e. The average molecular weight is 292 g/mol. The Morgan fingerprint density at radius 2 is 1.86 bits per heavy atom. The molecule has 21 heavy (non-hydrogen) atoms. The zero-order chi connectivity index (χ0) is 15.5. The Morgan fingerprint density at radius 1 is 1.14 bits per heavy atom. The second kappa shape index (κ2) is 10.2. The van der Waals surface area contributed by atoms with Gasteiger partial charge in [0.25, 0.3) is 0 Å². The number of carbonyl (C=O) groups excluding carboxylic acids is 1. The van der Waals surface area contributed by atoms with E-state index in [4.69, 9.17) is 4.74 Å². The highest BCUT2D eigenvalue weighted by Crippen LogP contribution is 2.16. The van der Waals surface area contributed by atoms with Crippen LogP contribution in [0.1, 0.15) is 46.5 Å². The Kier molecular flexibility index (Phi) is 8.51. The Balaban J connectivity index is 2.21. The number of carbonyl (C=O) groups is 1. The summed E-state index contributed by atoms with van der Waals surface area (Å²) in [7, 11) is 0. The largest absolute Gasteiger partial charge is 0.491 e. The van der Waals surface area contributed by atoms with Crippen molar-refractivity contribution in [2.75, 3.05) is 18.4 Å². The predicted octanol–water partition coefficient (Wildman–Crippen LogP) is 3.58. The first-order valence-electron chi connectivity index (χ1n) is 7.89. The summed E-state index contributed by atoms with van der Waals surface area (Å²) >= 11 is 0. The van der Waals surface area contributed by atoms with E-state index in [2.05, 4.69) is 17.6 Å². The molecule has 0 fully saturated rings. The van der Waals surface area contributed by atoms with Crippen molar-refractivity contribution in [2.45, 2.75) is 52.6 Å². The van der Waals surface area contributed by atoms with Crippen molar-refractivity contribution in [3.63, 3.8) is 0 Å². The molecule has 1 rings (SSSR count). The van der Waals surface area contributed by atoms with Crippen LogP contribution in [0.5, 0.6) is 5.75 Å². The lowest BCUT2D eigenvalue weighted by Gasteiger charge is -2.10. The molecule has 118 valence electrons. The topological polar surface area (TPSA) is 50.4 Å². The van der Waals surface area contributed by atoms with Gasteiger partial charge in [0.2, 0.25) is 5.91 Å². The van der Waals surface area contributed by atoms with Crippen molar-refractivity contribution in [3.8, 4) is 5.75 Å². The molecule has 1 aromatic carbocycles. The first-order chi connectivity index (χ1) is 10.1. The molecule has 0 atom stereocenters. The molecule has 2 N–H and O–H groups in total. The van der Waals surface area contributed by atoms with E-state index in [1.54, 1.807) is 0 Å². The van der Waals surface area contributed by atoms with Gasteiger partial charge in [-0.3, -0.25) is 4.79 Å². The lowest BCUT2D eigenvalue weighted by molar-refractivity contribution is -0.116. The second-order valence-corrected chi connectivity index (χ2v) is 5.45. The lowest BCUT2D eigenvalue weighted by atomic mass is 10.2. The van der Waals surface area contributed by atoms with Crippen molar-refractivity contribution in [2.24, 2.45) is 0 Å². The van der Waals surface area contributed by atoms with Crippen LogP contribution in [0.4, 0.5) is 5.69 Å². The normalized spacial score (nSPS) is 10.7. The van der Waals surface area contributed by atoms with Crippen molar-refractivity contribution >= 4 is 11.6 Å². The van der Waals surface area contributed by atoms with Crippen molar-refractivity contribution in [1.82, 2.24) is 5.32 Å². The van der Waals surface area contributed by atoms with E-state index in [1.807, 2.05) is 38.1 Å². The third kappa shape index (κ3) is 8.35. The summed E-state index contributed by atoms with van der Waals surface area (Å²) in [4.78, 5) is 11.8. The predicted molar refractivity (Wildman–Crippen MR) is 87.8 cm³/mol. The minimum absolute atomic E-state index is 0.0375. The Labute approximate surface area is 128 Å². The molecule has 0 aromatic heterocycles. The Bertz CT molecular complexity index is 402. The van der Waals surface area contributed by atoms with Crippen molar-refractivity contribution in [1.29, 1.82) is 0 Å². The molecule has 0 heterocycles. The van der Waals surface area contributed by atoms with Crippen LogP contribution < -0.4 is 15.4 Å². The SMILES string of the molecule is CCCCCNCCC(=O)Nc1ccc(OC(C)C)cc1. The van der Waals surface area contributed by atoms with E-state index in [0.717, 1.165) is 24.5 Å².